The summed E-state index contributed by atoms with van der Waals surface area (Å²) in [5.41, 5.74) is 12.2. The summed E-state index contributed by atoms with van der Waals surface area (Å²) in [4.78, 5) is 0. The summed E-state index contributed by atoms with van der Waals surface area (Å²) in [6, 6.07) is 15.4. The molecule has 0 aliphatic heterocycles. The third-order valence-corrected chi connectivity index (χ3v) is 9.72. The monoisotopic (exact) mass is 477 g/mol. The number of rotatable bonds is 2. The first-order valence-electron chi connectivity index (χ1n) is 12.4. The van der Waals surface area contributed by atoms with Crippen molar-refractivity contribution in [3.8, 4) is 5.69 Å². The van der Waals surface area contributed by atoms with Crippen molar-refractivity contribution in [3.63, 3.8) is 0 Å². The number of aromatic nitrogens is 1. The lowest BCUT2D eigenvalue weighted by atomic mass is 9.59. The molecule has 2 heterocycles. The molecule has 0 saturated carbocycles. The minimum atomic E-state index is -1.51. The molecule has 3 nitrogen and oxygen atoms in total. The molecule has 2 aromatic heterocycles. The Balaban J connectivity index is 1.88. The summed E-state index contributed by atoms with van der Waals surface area (Å²) >= 11 is 1.83. The van der Waals surface area contributed by atoms with Crippen molar-refractivity contribution >= 4 is 159 Å². The van der Waals surface area contributed by atoms with Crippen LogP contribution in [0.15, 0.2) is 42.5 Å². The zero-order chi connectivity index (χ0) is 25.6. The van der Waals surface area contributed by atoms with Gasteiger partial charge in [-0.3, -0.25) is 0 Å². The smallest absolute Gasteiger partial charge is 0.423 e. The Kier molecular flexibility index (Phi) is 5.39. The fourth-order valence-electron chi connectivity index (χ4n) is 6.23. The number of hydrogen-bond donors (Lipinski definition) is 2. The van der Waals surface area contributed by atoms with Crippen LogP contribution in [-0.4, -0.2) is 76.7 Å². The number of hydrogen-bond acceptors (Lipinski definition) is 3. The summed E-state index contributed by atoms with van der Waals surface area (Å²) in [6.07, 6.45) is 0. The fourth-order valence-corrected chi connectivity index (χ4v) is 7.32. The predicted octanol–water partition coefficient (Wildman–Crippen LogP) is -7.36. The largest absolute Gasteiger partial charge is 0.487 e. The Morgan fingerprint density at radius 1 is 0.611 bits per heavy atom. The molecule has 0 spiro atoms. The molecule has 0 radical (unpaired) electrons. The molecular formula is C24H23B8NO2S. The van der Waals surface area contributed by atoms with E-state index in [4.69, 9.17) is 0 Å². The quantitative estimate of drug-likeness (QED) is 0.244. The maximum absolute atomic E-state index is 10.3. The number of nitrogens with zero attached hydrogens (tertiary/aromatic N) is 1. The van der Waals surface area contributed by atoms with Crippen molar-refractivity contribution in [3.05, 3.63) is 42.5 Å². The molecule has 0 unspecified atom stereocenters. The fraction of sp³-hybridized carbons (Fsp3) is 0. The molecule has 0 saturated heterocycles. The van der Waals surface area contributed by atoms with Crippen LogP contribution >= 0.6 is 11.3 Å². The number of fused-ring (bicyclic) bond motifs is 6. The predicted molar refractivity (Wildman–Crippen MR) is 181 cm³/mol. The van der Waals surface area contributed by atoms with E-state index >= 15 is 0 Å². The van der Waals surface area contributed by atoms with Gasteiger partial charge in [0.25, 0.3) is 0 Å². The van der Waals surface area contributed by atoms with Gasteiger partial charge in [0.1, 0.15) is 54.9 Å². The van der Waals surface area contributed by atoms with E-state index in [1.54, 1.807) is 0 Å². The normalized spacial score (nSPS) is 11.8. The minimum absolute atomic E-state index is 0.619. The van der Waals surface area contributed by atoms with Gasteiger partial charge in [-0.25, -0.2) is 0 Å². The Bertz CT molecular complexity index is 1910. The van der Waals surface area contributed by atoms with E-state index in [2.05, 4.69) is 86.3 Å². The lowest BCUT2D eigenvalue weighted by Gasteiger charge is -2.18. The first-order chi connectivity index (χ1) is 17.1. The summed E-state index contributed by atoms with van der Waals surface area (Å²) in [7, 11) is 13.5. The van der Waals surface area contributed by atoms with Gasteiger partial charge in [-0.1, -0.05) is 51.0 Å². The standard InChI is InChI=1S/C24H23B8NO2S/c25-15-13-14-16(26)22(32(34)35)19(29)21(31)24(14)33(23(13)20(30)18(28)17(15)27)8-5-6-12-10(7-8)9-3-1-2-4-11(9)36-12/h1-7,34-35H,25-31H2. The third-order valence-electron chi connectivity index (χ3n) is 8.57. The van der Waals surface area contributed by atoms with E-state index < -0.39 is 7.12 Å². The van der Waals surface area contributed by atoms with Gasteiger partial charge in [0.15, 0.2) is 0 Å². The summed E-state index contributed by atoms with van der Waals surface area (Å²) < 4.78 is 5.01. The van der Waals surface area contributed by atoms with Crippen LogP contribution in [0.25, 0.3) is 47.7 Å². The lowest BCUT2D eigenvalue weighted by Crippen LogP contribution is -2.56. The van der Waals surface area contributed by atoms with Crippen LogP contribution < -0.4 is 43.7 Å². The van der Waals surface area contributed by atoms with Crippen molar-refractivity contribution in [1.82, 2.24) is 4.57 Å². The molecule has 6 rings (SSSR count). The molecule has 4 aromatic carbocycles. The second-order valence-electron chi connectivity index (χ2n) is 10.2. The van der Waals surface area contributed by atoms with Gasteiger partial charge in [-0.2, -0.15) is 0 Å². The topological polar surface area (TPSA) is 45.4 Å². The van der Waals surface area contributed by atoms with E-state index in [-0.39, 0.29) is 0 Å². The Morgan fingerprint density at radius 2 is 1.19 bits per heavy atom. The zero-order valence-electron chi connectivity index (χ0n) is 21.9. The minimum Gasteiger partial charge on any atom is -0.423 e. The van der Waals surface area contributed by atoms with Crippen LogP contribution in [0.2, 0.25) is 0 Å². The lowest BCUT2D eigenvalue weighted by molar-refractivity contribution is 0.426. The number of thiophene rings is 1. The Labute approximate surface area is 221 Å². The van der Waals surface area contributed by atoms with Crippen LogP contribution in [0.4, 0.5) is 0 Å². The molecule has 0 atom stereocenters. The van der Waals surface area contributed by atoms with Crippen LogP contribution in [0.5, 0.6) is 0 Å². The second-order valence-corrected chi connectivity index (χ2v) is 11.3. The third kappa shape index (κ3) is 3.04. The van der Waals surface area contributed by atoms with Crippen molar-refractivity contribution in [2.45, 2.75) is 0 Å². The van der Waals surface area contributed by atoms with Gasteiger partial charge in [0.05, 0.1) is 0 Å². The molecule has 0 aliphatic rings. The molecule has 36 heavy (non-hydrogen) atoms. The van der Waals surface area contributed by atoms with Gasteiger partial charge in [-0.15, -0.1) is 16.8 Å². The molecule has 0 aliphatic carbocycles. The van der Waals surface area contributed by atoms with Crippen molar-refractivity contribution in [1.29, 1.82) is 0 Å². The van der Waals surface area contributed by atoms with Crippen molar-refractivity contribution in [2.24, 2.45) is 0 Å². The van der Waals surface area contributed by atoms with Gasteiger partial charge in [-0.05, 0) is 40.5 Å². The van der Waals surface area contributed by atoms with Crippen molar-refractivity contribution in [2.75, 3.05) is 0 Å². The molecule has 6 aromatic rings. The Hall–Kier alpha value is -2.66. The average molecular weight is 476 g/mol. The van der Waals surface area contributed by atoms with E-state index in [0.717, 1.165) is 33.0 Å². The first-order valence-corrected chi connectivity index (χ1v) is 13.3. The van der Waals surface area contributed by atoms with Crippen LogP contribution in [0.1, 0.15) is 0 Å². The molecule has 0 fully saturated rings. The zero-order valence-corrected chi connectivity index (χ0v) is 22.7. The maximum Gasteiger partial charge on any atom is 0.487 e. The molecule has 12 heteroatoms. The van der Waals surface area contributed by atoms with Crippen LogP contribution in [0.3, 0.4) is 0 Å². The molecule has 166 valence electrons. The highest BCUT2D eigenvalue weighted by Crippen LogP contribution is 2.36. The SMILES string of the molecule is Bc1c(B)c(B)c2c(c1B)c1c(B)c(B(O)O)c(B)c(B)c1n2-c1ccc2sc3ccccc3c2c1. The number of benzene rings is 4. The van der Waals surface area contributed by atoms with E-state index in [0.29, 0.717) is 5.46 Å². The van der Waals surface area contributed by atoms with E-state index in [9.17, 15) is 10.0 Å². The molecule has 2 N–H and O–H groups in total. The van der Waals surface area contributed by atoms with Gasteiger partial charge < -0.3 is 14.6 Å². The summed E-state index contributed by atoms with van der Waals surface area (Å²) in [5, 5.41) is 25.6. The second kappa shape index (κ2) is 8.17. The van der Waals surface area contributed by atoms with Crippen LogP contribution in [-0.2, 0) is 0 Å². The maximum atomic E-state index is 10.3. The first kappa shape index (κ1) is 23.7. The van der Waals surface area contributed by atoms with Gasteiger partial charge >= 0.3 is 7.12 Å². The highest BCUT2D eigenvalue weighted by atomic mass is 32.1. The van der Waals surface area contributed by atoms with E-state index in [1.807, 2.05) is 27.0 Å². The summed E-state index contributed by atoms with van der Waals surface area (Å²) in [5.74, 6) is 0. The Morgan fingerprint density at radius 3 is 1.89 bits per heavy atom. The van der Waals surface area contributed by atoms with Gasteiger partial charge in [0, 0.05) is 36.9 Å². The highest BCUT2D eigenvalue weighted by Gasteiger charge is 2.27. The molecule has 0 amide bonds. The average Bonchev–Trinajstić information content (AvgIpc) is 3.41. The van der Waals surface area contributed by atoms with E-state index in [1.165, 1.54) is 52.9 Å². The van der Waals surface area contributed by atoms with Crippen molar-refractivity contribution < 1.29 is 10.0 Å². The molecule has 0 bridgehead atoms. The molecular weight excluding hydrogens is 453 g/mol. The van der Waals surface area contributed by atoms with Gasteiger partial charge in [0.2, 0.25) is 0 Å². The highest BCUT2D eigenvalue weighted by molar-refractivity contribution is 7.25. The summed E-state index contributed by atoms with van der Waals surface area (Å²) in [6.45, 7) is 0. The van der Waals surface area contributed by atoms with Crippen LogP contribution in [0, 0.1) is 0 Å².